The van der Waals surface area contributed by atoms with Gasteiger partial charge in [-0.2, -0.15) is 13.2 Å². The monoisotopic (exact) mass is 537 g/mol. The summed E-state index contributed by atoms with van der Waals surface area (Å²) in [5, 5.41) is 16.8. The zero-order valence-electron chi connectivity index (χ0n) is 20.2. The molecule has 1 unspecified atom stereocenters. The summed E-state index contributed by atoms with van der Waals surface area (Å²) >= 11 is 0. The van der Waals surface area contributed by atoms with Crippen molar-refractivity contribution in [1.29, 1.82) is 0 Å². The molecule has 39 heavy (non-hydrogen) atoms. The smallest absolute Gasteiger partial charge is 0.369 e. The number of nitro groups is 1. The zero-order chi connectivity index (χ0) is 28.0. The molecule has 0 aliphatic heterocycles. The Kier molecular flexibility index (Phi) is 7.98. The van der Waals surface area contributed by atoms with E-state index in [2.05, 4.69) is 25.6 Å². The number of hydrogen-bond acceptors (Lipinski definition) is 8. The molecule has 10 nitrogen and oxygen atoms in total. The molecule has 0 aliphatic carbocycles. The lowest BCUT2D eigenvalue weighted by atomic mass is 9.89. The fraction of sp³-hybridized carbons (Fsp3) is 0.154. The summed E-state index contributed by atoms with van der Waals surface area (Å²) in [5.74, 6) is -0.986. The van der Waals surface area contributed by atoms with Gasteiger partial charge in [-0.25, -0.2) is 15.0 Å². The van der Waals surface area contributed by atoms with Crippen LogP contribution in [0.25, 0.3) is 11.3 Å². The normalized spacial score (nSPS) is 12.0. The van der Waals surface area contributed by atoms with Crippen LogP contribution in [0, 0.1) is 10.1 Å². The lowest BCUT2D eigenvalue weighted by Crippen LogP contribution is -2.23. The van der Waals surface area contributed by atoms with E-state index in [0.29, 0.717) is 41.7 Å². The third-order valence-corrected chi connectivity index (χ3v) is 5.70. The van der Waals surface area contributed by atoms with Crippen LogP contribution in [0.5, 0.6) is 0 Å². The van der Waals surface area contributed by atoms with Gasteiger partial charge in [-0.15, -0.1) is 0 Å². The number of rotatable bonds is 10. The molecule has 0 radical (unpaired) electrons. The lowest BCUT2D eigenvalue weighted by molar-refractivity contribution is -0.385. The number of primary amides is 1. The quantitative estimate of drug-likeness (QED) is 0.151. The number of carbonyl (C=O) groups is 1. The van der Waals surface area contributed by atoms with Gasteiger partial charge in [0.25, 0.3) is 5.69 Å². The predicted molar refractivity (Wildman–Crippen MR) is 138 cm³/mol. The molecule has 4 N–H and O–H groups in total. The van der Waals surface area contributed by atoms with Crippen molar-refractivity contribution in [2.24, 2.45) is 5.73 Å². The minimum Gasteiger partial charge on any atom is -0.369 e. The molecule has 200 valence electrons. The van der Waals surface area contributed by atoms with Gasteiger partial charge in [0.15, 0.2) is 0 Å². The summed E-state index contributed by atoms with van der Waals surface area (Å²) in [6.45, 7) is 0.871. The van der Waals surface area contributed by atoms with Crippen LogP contribution in [0.3, 0.4) is 0 Å². The molecule has 4 rings (SSSR count). The van der Waals surface area contributed by atoms with E-state index in [0.717, 1.165) is 12.1 Å². The third kappa shape index (κ3) is 6.83. The van der Waals surface area contributed by atoms with E-state index < -0.39 is 28.5 Å². The summed E-state index contributed by atoms with van der Waals surface area (Å²) in [6.07, 6.45) is -1.81. The Morgan fingerprint density at radius 3 is 2.36 bits per heavy atom. The number of hydrogen-bond donors (Lipinski definition) is 3. The third-order valence-electron chi connectivity index (χ3n) is 5.70. The molecular formula is C26H22F3N7O3. The number of benzene rings is 2. The second-order valence-corrected chi connectivity index (χ2v) is 8.36. The minimum absolute atomic E-state index is 0.0993. The first-order valence-corrected chi connectivity index (χ1v) is 11.6. The molecule has 4 aromatic rings. The van der Waals surface area contributed by atoms with E-state index >= 15 is 0 Å². The highest BCUT2D eigenvalue weighted by Gasteiger charge is 2.32. The summed E-state index contributed by atoms with van der Waals surface area (Å²) in [6, 6.07) is 15.8. The van der Waals surface area contributed by atoms with Gasteiger partial charge in [-0.3, -0.25) is 14.9 Å². The second-order valence-electron chi connectivity index (χ2n) is 8.36. The maximum Gasteiger partial charge on any atom is 0.416 e. The first kappa shape index (κ1) is 27.0. The van der Waals surface area contributed by atoms with Crippen LogP contribution in [0.1, 0.15) is 22.6 Å². The number of nitrogens with two attached hydrogens (primary N) is 1. The number of halogens is 3. The summed E-state index contributed by atoms with van der Waals surface area (Å²) < 4.78 is 39.5. The zero-order valence-corrected chi connectivity index (χ0v) is 20.2. The molecule has 1 atom stereocenters. The summed E-state index contributed by atoms with van der Waals surface area (Å²) in [5.41, 5.74) is 6.48. The number of alkyl halides is 3. The molecule has 0 aliphatic rings. The second kappa shape index (κ2) is 11.5. The van der Waals surface area contributed by atoms with Crippen LogP contribution < -0.4 is 16.4 Å². The standard InChI is InChI=1S/C26H22F3N7O3/c27-26(28,29)19-3-1-2-18(14-19)23(24(30)37)17-6-4-16(5-7-17)21-10-11-32-25(35-21)33-13-12-31-22-9-8-20(15-34-22)36(38)39/h1-11,14-15,23H,12-13H2,(H2,30,37)(H,31,34)(H,32,33,35). The molecule has 0 bridgehead atoms. The van der Waals surface area contributed by atoms with Gasteiger partial charge in [-0.1, -0.05) is 42.5 Å². The molecule has 2 aromatic carbocycles. The first-order valence-electron chi connectivity index (χ1n) is 11.6. The fourth-order valence-corrected chi connectivity index (χ4v) is 3.83. The molecule has 2 aromatic heterocycles. The topological polar surface area (TPSA) is 149 Å². The predicted octanol–water partition coefficient (Wildman–Crippen LogP) is 4.61. The van der Waals surface area contributed by atoms with E-state index in [9.17, 15) is 28.1 Å². The van der Waals surface area contributed by atoms with Crippen molar-refractivity contribution in [2.45, 2.75) is 12.1 Å². The lowest BCUT2D eigenvalue weighted by Gasteiger charge is -2.17. The Labute approximate surface area is 220 Å². The van der Waals surface area contributed by atoms with Gasteiger partial charge in [0.1, 0.15) is 12.0 Å². The number of aromatic nitrogens is 3. The van der Waals surface area contributed by atoms with Crippen molar-refractivity contribution >= 4 is 23.4 Å². The van der Waals surface area contributed by atoms with Crippen molar-refractivity contribution in [1.82, 2.24) is 15.0 Å². The van der Waals surface area contributed by atoms with E-state index in [4.69, 9.17) is 5.73 Å². The highest BCUT2D eigenvalue weighted by Crippen LogP contribution is 2.33. The first-order chi connectivity index (χ1) is 18.6. The van der Waals surface area contributed by atoms with Crippen LogP contribution in [0.4, 0.5) is 30.6 Å². The van der Waals surface area contributed by atoms with Crippen LogP contribution >= 0.6 is 0 Å². The van der Waals surface area contributed by atoms with Crippen molar-refractivity contribution in [3.8, 4) is 11.3 Å². The minimum atomic E-state index is -4.54. The Morgan fingerprint density at radius 1 is 0.974 bits per heavy atom. The highest BCUT2D eigenvalue weighted by atomic mass is 19.4. The number of pyridine rings is 1. The van der Waals surface area contributed by atoms with E-state index in [-0.39, 0.29) is 11.3 Å². The fourth-order valence-electron chi connectivity index (χ4n) is 3.83. The number of nitrogens with zero attached hydrogens (tertiary/aromatic N) is 4. The maximum absolute atomic E-state index is 13.2. The van der Waals surface area contributed by atoms with E-state index in [1.807, 2.05) is 0 Å². The van der Waals surface area contributed by atoms with Gasteiger partial charge in [-0.05, 0) is 29.3 Å². The number of nitrogens with one attached hydrogen (secondary N) is 2. The molecule has 13 heteroatoms. The molecule has 0 fully saturated rings. The largest absolute Gasteiger partial charge is 0.416 e. The molecule has 2 heterocycles. The van der Waals surface area contributed by atoms with Crippen LogP contribution in [-0.2, 0) is 11.0 Å². The van der Waals surface area contributed by atoms with Gasteiger partial charge < -0.3 is 16.4 Å². The molecule has 1 amide bonds. The van der Waals surface area contributed by atoms with Gasteiger partial charge in [0, 0.05) is 30.9 Å². The van der Waals surface area contributed by atoms with Gasteiger partial charge in [0.05, 0.1) is 22.1 Å². The highest BCUT2D eigenvalue weighted by molar-refractivity contribution is 5.86. The van der Waals surface area contributed by atoms with Crippen molar-refractivity contribution < 1.29 is 22.9 Å². The van der Waals surface area contributed by atoms with E-state index in [1.165, 1.54) is 30.5 Å². The van der Waals surface area contributed by atoms with Crippen LogP contribution in [0.15, 0.2) is 79.1 Å². The Hall–Kier alpha value is -5.07. The number of carbonyl (C=O) groups excluding carboxylic acids is 1. The Bertz CT molecular complexity index is 1460. The van der Waals surface area contributed by atoms with Gasteiger partial charge in [0.2, 0.25) is 11.9 Å². The Balaban J connectivity index is 1.41. The maximum atomic E-state index is 13.2. The molecule has 0 spiro atoms. The number of amides is 1. The summed E-state index contributed by atoms with van der Waals surface area (Å²) in [4.78, 5) is 35.0. The average molecular weight is 538 g/mol. The summed E-state index contributed by atoms with van der Waals surface area (Å²) in [7, 11) is 0. The van der Waals surface area contributed by atoms with E-state index in [1.54, 1.807) is 36.5 Å². The molecular weight excluding hydrogens is 515 g/mol. The average Bonchev–Trinajstić information content (AvgIpc) is 2.91. The van der Waals surface area contributed by atoms with Crippen LogP contribution in [0.2, 0.25) is 0 Å². The molecule has 0 saturated carbocycles. The van der Waals surface area contributed by atoms with Crippen LogP contribution in [-0.4, -0.2) is 38.9 Å². The van der Waals surface area contributed by atoms with Gasteiger partial charge >= 0.3 is 6.18 Å². The van der Waals surface area contributed by atoms with Crippen molar-refractivity contribution in [2.75, 3.05) is 23.7 Å². The Morgan fingerprint density at radius 2 is 1.72 bits per heavy atom. The SMILES string of the molecule is NC(=O)C(c1ccc(-c2ccnc(NCCNc3ccc([N+](=O)[O-])cn3)n2)cc1)c1cccc(C(F)(F)F)c1. The van der Waals surface area contributed by atoms with Crippen molar-refractivity contribution in [3.63, 3.8) is 0 Å². The van der Waals surface area contributed by atoms with Crippen molar-refractivity contribution in [3.05, 3.63) is 106 Å². The molecule has 0 saturated heterocycles. The number of anilines is 2.